The van der Waals surface area contributed by atoms with Crippen LogP contribution in [-0.4, -0.2) is 0 Å². The minimum atomic E-state index is -0.736. The van der Waals surface area contributed by atoms with E-state index in [2.05, 4.69) is 311 Å². The molecule has 0 heterocycles. The second kappa shape index (κ2) is 18.6. The van der Waals surface area contributed by atoms with E-state index >= 15 is 0 Å². The summed E-state index contributed by atoms with van der Waals surface area (Å²) in [6.45, 7) is 27.6. The summed E-state index contributed by atoms with van der Waals surface area (Å²) in [6.07, 6.45) is 0.822. The Morgan fingerprint density at radius 3 is 1.09 bits per heavy atom. The van der Waals surface area contributed by atoms with Crippen LogP contribution in [0.25, 0.3) is 33.0 Å². The highest BCUT2D eigenvalue weighted by atomic mass is 15.2. The van der Waals surface area contributed by atoms with Crippen LogP contribution in [0.15, 0.2) is 218 Å². The lowest BCUT2D eigenvalue weighted by atomic mass is 9.67. The highest BCUT2D eigenvalue weighted by molar-refractivity contribution is 6.14. The Hall–Kier alpha value is -7.94. The summed E-state index contributed by atoms with van der Waals surface area (Å²) < 4.78 is 0. The zero-order chi connectivity index (χ0) is 54.5. The number of rotatable bonds is 8. The van der Waals surface area contributed by atoms with E-state index in [0.29, 0.717) is 0 Å². The van der Waals surface area contributed by atoms with Crippen LogP contribution in [0.3, 0.4) is 0 Å². The van der Waals surface area contributed by atoms with Gasteiger partial charge in [0, 0.05) is 33.7 Å². The van der Waals surface area contributed by atoms with Gasteiger partial charge in [0.05, 0.1) is 16.8 Å². The third-order valence-electron chi connectivity index (χ3n) is 17.0. The molecule has 78 heavy (non-hydrogen) atoms. The molecular weight excluding hydrogens is 941 g/mol. The van der Waals surface area contributed by atoms with Crippen molar-refractivity contribution in [3.8, 4) is 22.3 Å². The molecule has 0 N–H and O–H groups in total. The maximum absolute atomic E-state index is 2.62. The number of anilines is 6. The second-order valence-corrected chi connectivity index (χ2v) is 26.2. The Bertz CT molecular complexity index is 3700. The quantitative estimate of drug-likeness (QED) is 0.150. The molecule has 0 saturated heterocycles. The highest BCUT2D eigenvalue weighted by Crippen LogP contribution is 2.64. The average Bonchev–Trinajstić information content (AvgIpc) is 4.19. The first-order valence-electron chi connectivity index (χ1n) is 28.2. The van der Waals surface area contributed by atoms with Gasteiger partial charge >= 0.3 is 0 Å². The van der Waals surface area contributed by atoms with Gasteiger partial charge in [-0.05, 0) is 166 Å². The molecule has 0 atom stereocenters. The first-order valence-corrected chi connectivity index (χ1v) is 28.2. The van der Waals surface area contributed by atoms with Crippen molar-refractivity contribution in [1.82, 2.24) is 0 Å². The van der Waals surface area contributed by atoms with Crippen LogP contribution in [0.4, 0.5) is 34.1 Å². The minimum absolute atomic E-state index is 0.00514. The van der Waals surface area contributed by atoms with Crippen LogP contribution in [0.5, 0.6) is 0 Å². The first-order chi connectivity index (χ1) is 37.2. The summed E-state index contributed by atoms with van der Waals surface area (Å²) in [6, 6.07) is 83.9. The molecule has 2 aliphatic rings. The van der Waals surface area contributed by atoms with Crippen molar-refractivity contribution in [3.05, 3.63) is 274 Å². The molecule has 10 aromatic rings. The molecule has 0 saturated carbocycles. The van der Waals surface area contributed by atoms with Gasteiger partial charge in [-0.1, -0.05) is 241 Å². The summed E-state index contributed by atoms with van der Waals surface area (Å²) in [4.78, 5) is 5.10. The van der Waals surface area contributed by atoms with Crippen LogP contribution in [0, 0.1) is 0 Å². The van der Waals surface area contributed by atoms with Crippen molar-refractivity contribution in [2.45, 2.75) is 117 Å². The van der Waals surface area contributed by atoms with Crippen molar-refractivity contribution in [1.29, 1.82) is 0 Å². The van der Waals surface area contributed by atoms with Crippen LogP contribution in [0.2, 0.25) is 0 Å². The van der Waals surface area contributed by atoms with E-state index < -0.39 is 5.41 Å². The Labute approximate surface area is 465 Å². The van der Waals surface area contributed by atoms with Crippen LogP contribution >= 0.6 is 0 Å². The van der Waals surface area contributed by atoms with Gasteiger partial charge in [-0.2, -0.15) is 0 Å². The molecular formula is C76H74N2. The molecule has 388 valence electrons. The van der Waals surface area contributed by atoms with E-state index in [1.807, 2.05) is 0 Å². The van der Waals surface area contributed by atoms with Gasteiger partial charge in [0.2, 0.25) is 0 Å². The van der Waals surface area contributed by atoms with Gasteiger partial charge in [-0.3, -0.25) is 0 Å². The lowest BCUT2D eigenvalue weighted by Crippen LogP contribution is -2.29. The molecule has 0 spiro atoms. The third kappa shape index (κ3) is 8.47. The Kier molecular flexibility index (Phi) is 12.1. The molecule has 0 bridgehead atoms. The van der Waals surface area contributed by atoms with Crippen LogP contribution < -0.4 is 9.80 Å². The SMILES string of the molecule is CC(C)(C)c1ccc(N(c2ccc(C(C)(C)C)cc2)c2cc3c(c4c2-c2ccccc2C4)-c2c(cc(N(c4ccc(C(C)(C)C)cc4)c4ccc(C(C)(C)C)cc4)c4ccccc24)C3(c2ccccc2)c2ccccc2)cc1. The lowest BCUT2D eigenvalue weighted by Gasteiger charge is -2.37. The normalized spacial score (nSPS) is 13.7. The van der Waals surface area contributed by atoms with Crippen molar-refractivity contribution in [3.63, 3.8) is 0 Å². The molecule has 0 aromatic heterocycles. The summed E-state index contributed by atoms with van der Waals surface area (Å²) in [5, 5.41) is 2.47. The molecule has 0 amide bonds. The molecule has 0 aliphatic heterocycles. The lowest BCUT2D eigenvalue weighted by molar-refractivity contribution is 0.590. The Morgan fingerprint density at radius 2 is 0.667 bits per heavy atom. The molecule has 2 nitrogen and oxygen atoms in total. The van der Waals surface area contributed by atoms with E-state index in [1.54, 1.807) is 0 Å². The molecule has 10 aromatic carbocycles. The molecule has 2 aliphatic carbocycles. The third-order valence-corrected chi connectivity index (χ3v) is 17.0. The average molecular weight is 1020 g/mol. The predicted molar refractivity (Wildman–Crippen MR) is 334 cm³/mol. The topological polar surface area (TPSA) is 6.48 Å². The van der Waals surface area contributed by atoms with Gasteiger partial charge in [0.15, 0.2) is 0 Å². The smallest absolute Gasteiger partial charge is 0.0715 e. The monoisotopic (exact) mass is 1010 g/mol. The summed E-state index contributed by atoms with van der Waals surface area (Å²) in [5.41, 5.74) is 24.5. The van der Waals surface area contributed by atoms with E-state index in [0.717, 1.165) is 34.9 Å². The number of nitrogens with zero attached hydrogens (tertiary/aromatic N) is 2. The number of hydrogen-bond donors (Lipinski definition) is 0. The van der Waals surface area contributed by atoms with Gasteiger partial charge in [0.25, 0.3) is 0 Å². The highest BCUT2D eigenvalue weighted by Gasteiger charge is 2.50. The fourth-order valence-electron chi connectivity index (χ4n) is 12.8. The van der Waals surface area contributed by atoms with Gasteiger partial charge in [-0.15, -0.1) is 0 Å². The van der Waals surface area contributed by atoms with E-state index in [-0.39, 0.29) is 21.7 Å². The number of benzene rings is 10. The van der Waals surface area contributed by atoms with E-state index in [1.165, 1.54) is 94.3 Å². The van der Waals surface area contributed by atoms with Crippen molar-refractivity contribution < 1.29 is 0 Å². The van der Waals surface area contributed by atoms with E-state index in [9.17, 15) is 0 Å². The Morgan fingerprint density at radius 1 is 0.321 bits per heavy atom. The largest absolute Gasteiger partial charge is 0.310 e. The molecule has 2 heteroatoms. The molecule has 12 rings (SSSR count). The molecule has 0 unspecified atom stereocenters. The second-order valence-electron chi connectivity index (χ2n) is 26.2. The van der Waals surface area contributed by atoms with Gasteiger partial charge < -0.3 is 9.80 Å². The van der Waals surface area contributed by atoms with Crippen LogP contribution in [-0.2, 0) is 33.5 Å². The van der Waals surface area contributed by atoms with Crippen LogP contribution in [0.1, 0.15) is 139 Å². The summed E-state index contributed by atoms with van der Waals surface area (Å²) in [7, 11) is 0. The van der Waals surface area contributed by atoms with E-state index in [4.69, 9.17) is 0 Å². The summed E-state index contributed by atoms with van der Waals surface area (Å²) >= 11 is 0. The number of fused-ring (bicyclic) bond motifs is 9. The van der Waals surface area contributed by atoms with Gasteiger partial charge in [0.1, 0.15) is 0 Å². The predicted octanol–water partition coefficient (Wildman–Crippen LogP) is 20.9. The van der Waals surface area contributed by atoms with Gasteiger partial charge in [-0.25, -0.2) is 0 Å². The number of hydrogen-bond acceptors (Lipinski definition) is 2. The molecule has 0 radical (unpaired) electrons. The first kappa shape index (κ1) is 50.9. The maximum atomic E-state index is 2.62. The maximum Gasteiger partial charge on any atom is 0.0715 e. The Balaban J connectivity index is 1.23. The van der Waals surface area contributed by atoms with Crippen molar-refractivity contribution >= 4 is 44.9 Å². The fraction of sp³-hybridized carbons (Fsp3) is 0.237. The zero-order valence-corrected chi connectivity index (χ0v) is 47.9. The summed E-state index contributed by atoms with van der Waals surface area (Å²) in [5.74, 6) is 0. The van der Waals surface area contributed by atoms with Crippen molar-refractivity contribution in [2.75, 3.05) is 9.80 Å². The standard InChI is InChI=1S/C76H74N2/c1-72(2,3)51-31-39-57(40-32-51)77(58-41-33-52(34-42-58)73(4,5)6)67-48-65-70(63-30-22-21-29-62(63)67)71-64-47-50-23-19-20-28-61(50)69(64)68(49-66(71)76(65,55-24-15-13-16-25-55)56-26-17-14-18-27-56)78(59-43-35-53(36-44-59)74(7,8)9)60-45-37-54(38-46-60)75(10,11)12/h13-46,48-49H,47H2,1-12H3. The minimum Gasteiger partial charge on any atom is -0.310 e. The van der Waals surface area contributed by atoms with Crippen molar-refractivity contribution in [2.24, 2.45) is 0 Å². The molecule has 0 fully saturated rings. The fourth-order valence-corrected chi connectivity index (χ4v) is 12.8. The zero-order valence-electron chi connectivity index (χ0n) is 47.9.